The Kier molecular flexibility index (Phi) is 6.06. The van der Waals surface area contributed by atoms with E-state index in [1.807, 2.05) is 32.0 Å². The Labute approximate surface area is 114 Å². The van der Waals surface area contributed by atoms with Crippen LogP contribution in [0.4, 0.5) is 0 Å². The number of benzene rings is 1. The van der Waals surface area contributed by atoms with Crippen LogP contribution in [0.15, 0.2) is 18.2 Å². The molecule has 1 amide bonds. The van der Waals surface area contributed by atoms with E-state index in [9.17, 15) is 9.59 Å². The van der Waals surface area contributed by atoms with E-state index < -0.39 is 0 Å². The lowest BCUT2D eigenvalue weighted by Crippen LogP contribution is -2.25. The largest absolute Gasteiger partial charge is 0.466 e. The quantitative estimate of drug-likeness (QED) is 0.633. The highest BCUT2D eigenvalue weighted by molar-refractivity contribution is 5.94. The van der Waals surface area contributed by atoms with Crippen molar-refractivity contribution in [1.29, 1.82) is 0 Å². The zero-order valence-corrected chi connectivity index (χ0v) is 11.8. The topological polar surface area (TPSA) is 55.4 Å². The van der Waals surface area contributed by atoms with E-state index in [2.05, 4.69) is 5.32 Å². The first-order valence-corrected chi connectivity index (χ1v) is 6.55. The van der Waals surface area contributed by atoms with E-state index in [0.717, 1.165) is 5.56 Å². The molecular formula is C15H21NO3. The van der Waals surface area contributed by atoms with E-state index in [-0.39, 0.29) is 11.9 Å². The van der Waals surface area contributed by atoms with Gasteiger partial charge in [-0.1, -0.05) is 6.07 Å². The zero-order chi connectivity index (χ0) is 14.3. The van der Waals surface area contributed by atoms with E-state index in [1.54, 1.807) is 6.92 Å². The van der Waals surface area contributed by atoms with Gasteiger partial charge in [0, 0.05) is 18.5 Å². The molecule has 0 unspecified atom stereocenters. The number of esters is 1. The maximum atomic E-state index is 11.9. The Morgan fingerprint density at radius 1 is 1.21 bits per heavy atom. The summed E-state index contributed by atoms with van der Waals surface area (Å²) in [6, 6.07) is 5.61. The van der Waals surface area contributed by atoms with Gasteiger partial charge in [-0.15, -0.1) is 0 Å². The van der Waals surface area contributed by atoms with E-state index in [0.29, 0.717) is 31.6 Å². The minimum Gasteiger partial charge on any atom is -0.466 e. The molecule has 0 aliphatic carbocycles. The summed E-state index contributed by atoms with van der Waals surface area (Å²) in [5.41, 5.74) is 2.91. The molecule has 1 aromatic rings. The SMILES string of the molecule is CCOC(=O)CCCNC(=O)c1ccc(C)c(C)c1. The normalized spacial score (nSPS) is 10.1. The molecule has 0 aromatic heterocycles. The van der Waals surface area contributed by atoms with Crippen LogP contribution < -0.4 is 5.32 Å². The molecule has 0 radical (unpaired) electrons. The summed E-state index contributed by atoms with van der Waals surface area (Å²) in [5.74, 6) is -0.324. The summed E-state index contributed by atoms with van der Waals surface area (Å²) >= 11 is 0. The van der Waals surface area contributed by atoms with Crippen molar-refractivity contribution in [3.05, 3.63) is 34.9 Å². The second-order valence-electron chi connectivity index (χ2n) is 4.46. The van der Waals surface area contributed by atoms with Gasteiger partial charge in [0.2, 0.25) is 0 Å². The Balaban J connectivity index is 2.35. The van der Waals surface area contributed by atoms with Gasteiger partial charge >= 0.3 is 5.97 Å². The first-order chi connectivity index (χ1) is 9.04. The third-order valence-electron chi connectivity index (χ3n) is 2.92. The number of hydrogen-bond acceptors (Lipinski definition) is 3. The summed E-state index contributed by atoms with van der Waals surface area (Å²) in [5, 5.41) is 2.80. The molecule has 0 bridgehead atoms. The number of rotatable bonds is 6. The van der Waals surface area contributed by atoms with Gasteiger partial charge in [-0.25, -0.2) is 0 Å². The molecule has 4 heteroatoms. The van der Waals surface area contributed by atoms with Gasteiger partial charge in [-0.05, 0) is 50.5 Å². The van der Waals surface area contributed by atoms with Gasteiger partial charge in [0.15, 0.2) is 0 Å². The van der Waals surface area contributed by atoms with Crippen LogP contribution in [0.5, 0.6) is 0 Å². The summed E-state index contributed by atoms with van der Waals surface area (Å²) in [6.45, 7) is 6.64. The number of amides is 1. The van der Waals surface area contributed by atoms with Crippen molar-refractivity contribution in [3.8, 4) is 0 Å². The number of nitrogens with one attached hydrogen (secondary N) is 1. The highest BCUT2D eigenvalue weighted by atomic mass is 16.5. The van der Waals surface area contributed by atoms with Gasteiger partial charge in [0.1, 0.15) is 0 Å². The third-order valence-corrected chi connectivity index (χ3v) is 2.92. The summed E-state index contributed by atoms with van der Waals surface area (Å²) < 4.78 is 4.81. The molecule has 0 aliphatic rings. The Bertz CT molecular complexity index is 455. The molecule has 4 nitrogen and oxygen atoms in total. The summed E-state index contributed by atoms with van der Waals surface area (Å²) in [7, 11) is 0. The van der Waals surface area contributed by atoms with Gasteiger partial charge in [0.05, 0.1) is 6.61 Å². The van der Waals surface area contributed by atoms with Gasteiger partial charge in [0.25, 0.3) is 5.91 Å². The van der Waals surface area contributed by atoms with Crippen LogP contribution in [0.25, 0.3) is 0 Å². The fourth-order valence-corrected chi connectivity index (χ4v) is 1.65. The van der Waals surface area contributed by atoms with Crippen molar-refractivity contribution >= 4 is 11.9 Å². The van der Waals surface area contributed by atoms with Crippen LogP contribution in [0.2, 0.25) is 0 Å². The Hall–Kier alpha value is -1.84. The molecule has 19 heavy (non-hydrogen) atoms. The molecule has 0 fully saturated rings. The average molecular weight is 263 g/mol. The zero-order valence-electron chi connectivity index (χ0n) is 11.8. The van der Waals surface area contributed by atoms with Crippen LogP contribution in [-0.4, -0.2) is 25.0 Å². The van der Waals surface area contributed by atoms with Crippen molar-refractivity contribution in [2.24, 2.45) is 0 Å². The number of aryl methyl sites for hydroxylation is 2. The molecular weight excluding hydrogens is 242 g/mol. The van der Waals surface area contributed by atoms with Crippen molar-refractivity contribution in [3.63, 3.8) is 0 Å². The molecule has 1 aromatic carbocycles. The van der Waals surface area contributed by atoms with Crippen LogP contribution in [0.1, 0.15) is 41.3 Å². The minimum atomic E-state index is -0.220. The molecule has 0 atom stereocenters. The van der Waals surface area contributed by atoms with Crippen LogP contribution >= 0.6 is 0 Å². The van der Waals surface area contributed by atoms with Crippen LogP contribution in [0, 0.1) is 13.8 Å². The molecule has 0 saturated heterocycles. The lowest BCUT2D eigenvalue weighted by molar-refractivity contribution is -0.143. The van der Waals surface area contributed by atoms with Crippen molar-refractivity contribution < 1.29 is 14.3 Å². The fourth-order valence-electron chi connectivity index (χ4n) is 1.65. The van der Waals surface area contributed by atoms with Crippen molar-refractivity contribution in [2.45, 2.75) is 33.6 Å². The van der Waals surface area contributed by atoms with Crippen molar-refractivity contribution in [2.75, 3.05) is 13.2 Å². The Morgan fingerprint density at radius 2 is 1.95 bits per heavy atom. The molecule has 0 heterocycles. The highest BCUT2D eigenvalue weighted by Crippen LogP contribution is 2.09. The van der Waals surface area contributed by atoms with E-state index >= 15 is 0 Å². The predicted octanol–water partition coefficient (Wildman–Crippen LogP) is 2.38. The molecule has 104 valence electrons. The predicted molar refractivity (Wildman–Crippen MR) is 74.1 cm³/mol. The first kappa shape index (κ1) is 15.2. The third kappa shape index (κ3) is 5.12. The Morgan fingerprint density at radius 3 is 2.58 bits per heavy atom. The molecule has 0 saturated carbocycles. The van der Waals surface area contributed by atoms with Gasteiger partial charge in [-0.3, -0.25) is 9.59 Å². The van der Waals surface area contributed by atoms with Gasteiger partial charge in [-0.2, -0.15) is 0 Å². The van der Waals surface area contributed by atoms with Gasteiger partial charge < -0.3 is 10.1 Å². The average Bonchev–Trinajstić information content (AvgIpc) is 2.38. The smallest absolute Gasteiger partial charge is 0.305 e. The van der Waals surface area contributed by atoms with Crippen LogP contribution in [0.3, 0.4) is 0 Å². The van der Waals surface area contributed by atoms with Crippen LogP contribution in [-0.2, 0) is 9.53 Å². The minimum absolute atomic E-state index is 0.105. The van der Waals surface area contributed by atoms with E-state index in [1.165, 1.54) is 5.56 Å². The number of carbonyl (C=O) groups is 2. The fraction of sp³-hybridized carbons (Fsp3) is 0.467. The maximum absolute atomic E-state index is 11.9. The second-order valence-corrected chi connectivity index (χ2v) is 4.46. The van der Waals surface area contributed by atoms with Crippen molar-refractivity contribution in [1.82, 2.24) is 5.32 Å². The lowest BCUT2D eigenvalue weighted by atomic mass is 10.1. The highest BCUT2D eigenvalue weighted by Gasteiger charge is 2.07. The summed E-state index contributed by atoms with van der Waals surface area (Å²) in [6.07, 6.45) is 0.927. The maximum Gasteiger partial charge on any atom is 0.305 e. The van der Waals surface area contributed by atoms with E-state index in [4.69, 9.17) is 4.74 Å². The molecule has 0 spiro atoms. The standard InChI is InChI=1S/C15H21NO3/c1-4-19-14(17)6-5-9-16-15(18)13-8-7-11(2)12(3)10-13/h7-8,10H,4-6,9H2,1-3H3,(H,16,18). The number of ether oxygens (including phenoxy) is 1. The number of carbonyl (C=O) groups excluding carboxylic acids is 2. The number of hydrogen-bond donors (Lipinski definition) is 1. The molecule has 1 rings (SSSR count). The summed E-state index contributed by atoms with van der Waals surface area (Å²) in [4.78, 5) is 23.0. The lowest BCUT2D eigenvalue weighted by Gasteiger charge is -2.07. The molecule has 0 aliphatic heterocycles. The monoisotopic (exact) mass is 263 g/mol. The molecule has 1 N–H and O–H groups in total. The first-order valence-electron chi connectivity index (χ1n) is 6.55. The second kappa shape index (κ2) is 7.56.